The zero-order valence-corrected chi connectivity index (χ0v) is 17.1. The average Bonchev–Trinajstić information content (AvgIpc) is 3.12. The maximum absolute atomic E-state index is 13.7. The number of nitrogens with two attached hydrogens (primary N) is 1. The van der Waals surface area contributed by atoms with Gasteiger partial charge in [0.1, 0.15) is 0 Å². The second-order valence-electron chi connectivity index (χ2n) is 7.48. The summed E-state index contributed by atoms with van der Waals surface area (Å²) in [6.07, 6.45) is -1.95. The van der Waals surface area contributed by atoms with Gasteiger partial charge in [0, 0.05) is 28.5 Å². The molecule has 0 spiro atoms. The molecule has 0 aliphatic carbocycles. The van der Waals surface area contributed by atoms with Crippen molar-refractivity contribution in [3.05, 3.63) is 83.0 Å². The molecule has 4 aromatic rings. The standard InChI is InChI=1S/C25H20F3N3/c1-3-16-7-9-18(10-8-16)31-14-21(19-5-4-6-23(30)15(19)2)20-11-17(13-29)22(12-24(20)31)25(26,27)28/h4-12,14H,3,30H2,1-2H3. The molecule has 4 rings (SSSR count). The number of nitrogen functional groups attached to an aromatic ring is 1. The number of benzene rings is 3. The quantitative estimate of drug-likeness (QED) is 0.378. The normalized spacial score (nSPS) is 11.6. The highest BCUT2D eigenvalue weighted by atomic mass is 19.4. The molecule has 0 fully saturated rings. The summed E-state index contributed by atoms with van der Waals surface area (Å²) in [5, 5.41) is 9.97. The second kappa shape index (κ2) is 7.51. The highest BCUT2D eigenvalue weighted by molar-refractivity contribution is 5.99. The second-order valence-corrected chi connectivity index (χ2v) is 7.48. The van der Waals surface area contributed by atoms with E-state index in [0.29, 0.717) is 16.6 Å². The maximum atomic E-state index is 13.7. The lowest BCUT2D eigenvalue weighted by molar-refractivity contribution is -0.137. The monoisotopic (exact) mass is 419 g/mol. The molecule has 3 nitrogen and oxygen atoms in total. The van der Waals surface area contributed by atoms with Crippen LogP contribution in [0.4, 0.5) is 18.9 Å². The number of anilines is 1. The predicted molar refractivity (Wildman–Crippen MR) is 117 cm³/mol. The van der Waals surface area contributed by atoms with Crippen LogP contribution in [0.1, 0.15) is 29.2 Å². The number of nitrogens with zero attached hydrogens (tertiary/aromatic N) is 2. The van der Waals surface area contributed by atoms with Gasteiger partial charge in [-0.15, -0.1) is 0 Å². The molecule has 0 aliphatic heterocycles. The molecule has 156 valence electrons. The first-order chi connectivity index (χ1) is 14.7. The molecular weight excluding hydrogens is 399 g/mol. The maximum Gasteiger partial charge on any atom is 0.417 e. The molecule has 0 saturated carbocycles. The molecule has 31 heavy (non-hydrogen) atoms. The van der Waals surface area contributed by atoms with Crippen molar-refractivity contribution in [1.82, 2.24) is 4.57 Å². The van der Waals surface area contributed by atoms with E-state index < -0.39 is 17.3 Å². The Morgan fingerprint density at radius 1 is 1.03 bits per heavy atom. The molecule has 1 heterocycles. The van der Waals surface area contributed by atoms with Crippen LogP contribution in [0.5, 0.6) is 0 Å². The van der Waals surface area contributed by atoms with Gasteiger partial charge in [0.05, 0.1) is 22.7 Å². The highest BCUT2D eigenvalue weighted by Crippen LogP contribution is 2.40. The van der Waals surface area contributed by atoms with E-state index in [9.17, 15) is 18.4 Å². The summed E-state index contributed by atoms with van der Waals surface area (Å²) in [7, 11) is 0. The van der Waals surface area contributed by atoms with E-state index in [1.807, 2.05) is 56.4 Å². The minimum Gasteiger partial charge on any atom is -0.398 e. The number of fused-ring (bicyclic) bond motifs is 1. The number of halogens is 3. The summed E-state index contributed by atoms with van der Waals surface area (Å²) in [5.41, 5.74) is 9.97. The molecule has 2 N–H and O–H groups in total. The smallest absolute Gasteiger partial charge is 0.398 e. The Hall–Kier alpha value is -3.72. The zero-order valence-electron chi connectivity index (χ0n) is 17.1. The molecule has 6 heteroatoms. The average molecular weight is 419 g/mol. The number of rotatable bonds is 3. The first-order valence-corrected chi connectivity index (χ1v) is 9.85. The number of hydrogen-bond acceptors (Lipinski definition) is 2. The molecule has 0 amide bonds. The molecule has 3 aromatic carbocycles. The van der Waals surface area contributed by atoms with Gasteiger partial charge in [-0.2, -0.15) is 18.4 Å². The molecule has 0 aliphatic rings. The number of alkyl halides is 3. The van der Waals surface area contributed by atoms with E-state index >= 15 is 0 Å². The van der Waals surface area contributed by atoms with Crippen LogP contribution in [0.15, 0.2) is 60.8 Å². The van der Waals surface area contributed by atoms with Crippen molar-refractivity contribution in [2.45, 2.75) is 26.4 Å². The first kappa shape index (κ1) is 20.5. The number of nitriles is 1. The van der Waals surface area contributed by atoms with Crippen molar-refractivity contribution in [3.8, 4) is 22.9 Å². The highest BCUT2D eigenvalue weighted by Gasteiger charge is 2.34. The summed E-state index contributed by atoms with van der Waals surface area (Å²) < 4.78 is 42.7. The van der Waals surface area contributed by atoms with E-state index in [1.54, 1.807) is 16.7 Å². The Kier molecular flexibility index (Phi) is 4.98. The van der Waals surface area contributed by atoms with Crippen LogP contribution in [-0.4, -0.2) is 4.57 Å². The Labute approximate surface area is 178 Å². The summed E-state index contributed by atoms with van der Waals surface area (Å²) >= 11 is 0. The zero-order chi connectivity index (χ0) is 22.3. The van der Waals surface area contributed by atoms with Crippen LogP contribution in [0.25, 0.3) is 27.7 Å². The van der Waals surface area contributed by atoms with Gasteiger partial charge in [0.2, 0.25) is 0 Å². The number of aryl methyl sites for hydroxylation is 1. The molecule has 0 atom stereocenters. The third-order valence-corrected chi connectivity index (χ3v) is 5.66. The summed E-state index contributed by atoms with van der Waals surface area (Å²) in [4.78, 5) is 0. The molecule has 0 radical (unpaired) electrons. The Balaban J connectivity index is 2.09. The largest absolute Gasteiger partial charge is 0.417 e. The van der Waals surface area contributed by atoms with E-state index in [0.717, 1.165) is 40.4 Å². The molecular formula is C25H20F3N3. The van der Waals surface area contributed by atoms with Crippen molar-refractivity contribution in [2.24, 2.45) is 0 Å². The molecule has 0 saturated heterocycles. The molecule has 0 bridgehead atoms. The summed E-state index contributed by atoms with van der Waals surface area (Å²) in [6, 6.07) is 17.3. The van der Waals surface area contributed by atoms with Gasteiger partial charge < -0.3 is 10.3 Å². The van der Waals surface area contributed by atoms with Crippen molar-refractivity contribution in [3.63, 3.8) is 0 Å². The van der Waals surface area contributed by atoms with E-state index in [2.05, 4.69) is 0 Å². The van der Waals surface area contributed by atoms with Gasteiger partial charge in [-0.05, 0) is 60.4 Å². The van der Waals surface area contributed by atoms with Gasteiger partial charge in [-0.3, -0.25) is 0 Å². The van der Waals surface area contributed by atoms with Crippen molar-refractivity contribution < 1.29 is 13.2 Å². The van der Waals surface area contributed by atoms with Crippen molar-refractivity contribution in [1.29, 1.82) is 5.26 Å². The Bertz CT molecular complexity index is 1320. The van der Waals surface area contributed by atoms with Crippen LogP contribution >= 0.6 is 0 Å². The third-order valence-electron chi connectivity index (χ3n) is 5.66. The van der Waals surface area contributed by atoms with Crippen LogP contribution in [0, 0.1) is 18.3 Å². The summed E-state index contributed by atoms with van der Waals surface area (Å²) in [6.45, 7) is 3.92. The first-order valence-electron chi connectivity index (χ1n) is 9.85. The van der Waals surface area contributed by atoms with E-state index in [1.165, 1.54) is 6.07 Å². The number of aromatic nitrogens is 1. The predicted octanol–water partition coefficient (Wildman–Crippen LogP) is 6.64. The SMILES string of the molecule is CCc1ccc(-n2cc(-c3cccc(N)c3C)c3cc(C#N)c(C(F)(F)F)cc32)cc1. The van der Waals surface area contributed by atoms with Gasteiger partial charge in [-0.1, -0.05) is 31.2 Å². The molecule has 1 aromatic heterocycles. The fourth-order valence-corrected chi connectivity index (χ4v) is 3.86. The fourth-order valence-electron chi connectivity index (χ4n) is 3.86. The topological polar surface area (TPSA) is 54.7 Å². The van der Waals surface area contributed by atoms with Gasteiger partial charge in [0.25, 0.3) is 0 Å². The third kappa shape index (κ3) is 3.53. The minimum absolute atomic E-state index is 0.382. The van der Waals surface area contributed by atoms with Crippen LogP contribution in [0.2, 0.25) is 0 Å². The van der Waals surface area contributed by atoms with Crippen LogP contribution in [0.3, 0.4) is 0 Å². The van der Waals surface area contributed by atoms with Gasteiger partial charge in [-0.25, -0.2) is 0 Å². The van der Waals surface area contributed by atoms with Crippen molar-refractivity contribution in [2.75, 3.05) is 5.73 Å². The summed E-state index contributed by atoms with van der Waals surface area (Å²) in [5.74, 6) is 0. The van der Waals surface area contributed by atoms with Crippen LogP contribution < -0.4 is 5.73 Å². The fraction of sp³-hybridized carbons (Fsp3) is 0.160. The lowest BCUT2D eigenvalue weighted by Gasteiger charge is -2.12. The lowest BCUT2D eigenvalue weighted by atomic mass is 9.96. The Morgan fingerprint density at radius 2 is 1.74 bits per heavy atom. The van der Waals surface area contributed by atoms with E-state index in [-0.39, 0.29) is 0 Å². The van der Waals surface area contributed by atoms with Crippen molar-refractivity contribution >= 4 is 16.6 Å². The van der Waals surface area contributed by atoms with Crippen LogP contribution in [-0.2, 0) is 12.6 Å². The minimum atomic E-state index is -4.63. The number of hydrogen-bond donors (Lipinski definition) is 1. The lowest BCUT2D eigenvalue weighted by Crippen LogP contribution is -2.08. The van der Waals surface area contributed by atoms with Gasteiger partial charge in [0.15, 0.2) is 0 Å². The Morgan fingerprint density at radius 3 is 2.35 bits per heavy atom. The van der Waals surface area contributed by atoms with Gasteiger partial charge >= 0.3 is 6.18 Å². The van der Waals surface area contributed by atoms with E-state index in [4.69, 9.17) is 5.73 Å². The molecule has 0 unspecified atom stereocenters.